The largest absolute Gasteiger partial charge is 0.365 e. The zero-order valence-corrected chi connectivity index (χ0v) is 11.3. The summed E-state index contributed by atoms with van der Waals surface area (Å²) in [6.45, 7) is 4.84. The number of hydrogen-bond donors (Lipinski definition) is 3. The first kappa shape index (κ1) is 12.8. The summed E-state index contributed by atoms with van der Waals surface area (Å²) in [4.78, 5) is 11.1. The lowest BCUT2D eigenvalue weighted by Gasteiger charge is -2.06. The average molecular weight is 263 g/mol. The number of thiophene rings is 1. The minimum atomic E-state index is 0.429. The fraction of sp³-hybridized carbons (Fsp3) is 0.333. The van der Waals surface area contributed by atoms with Gasteiger partial charge in [-0.2, -0.15) is 4.98 Å². The van der Waals surface area contributed by atoms with Gasteiger partial charge in [-0.1, -0.05) is 6.92 Å². The number of aromatic nitrogens is 2. The zero-order valence-electron chi connectivity index (χ0n) is 10.5. The van der Waals surface area contributed by atoms with Crippen molar-refractivity contribution in [3.05, 3.63) is 33.6 Å². The van der Waals surface area contributed by atoms with Gasteiger partial charge < -0.3 is 5.32 Å². The smallest absolute Gasteiger partial charge is 0.239 e. The predicted octanol–water partition coefficient (Wildman–Crippen LogP) is 2.31. The highest BCUT2D eigenvalue weighted by molar-refractivity contribution is 7.12. The Kier molecular flexibility index (Phi) is 4.11. The van der Waals surface area contributed by atoms with E-state index in [4.69, 9.17) is 5.84 Å². The summed E-state index contributed by atoms with van der Waals surface area (Å²) < 4.78 is 0. The number of hydrogen-bond acceptors (Lipinski definition) is 6. The van der Waals surface area contributed by atoms with Crippen LogP contribution in [0.2, 0.25) is 0 Å². The van der Waals surface area contributed by atoms with E-state index in [0.717, 1.165) is 24.5 Å². The first-order valence-corrected chi connectivity index (χ1v) is 6.66. The molecule has 0 bridgehead atoms. The average Bonchev–Trinajstić information content (AvgIpc) is 2.83. The maximum Gasteiger partial charge on any atom is 0.239 e. The molecule has 0 fully saturated rings. The second-order valence-corrected chi connectivity index (χ2v) is 5.19. The van der Waals surface area contributed by atoms with Crippen molar-refractivity contribution in [3.8, 4) is 0 Å². The molecular formula is C12H17N5S. The number of rotatable bonds is 5. The molecule has 18 heavy (non-hydrogen) atoms. The van der Waals surface area contributed by atoms with E-state index in [9.17, 15) is 0 Å². The molecule has 0 amide bonds. The number of nitrogens with zero attached hydrogens (tertiary/aromatic N) is 2. The molecule has 96 valence electrons. The third kappa shape index (κ3) is 3.18. The van der Waals surface area contributed by atoms with Gasteiger partial charge in [0.15, 0.2) is 0 Å². The standard InChI is InChI=1S/C12H17N5S/c1-3-9-4-5-10(18-9)7-14-11-6-8(2)15-12(16-11)17-13/h4-6H,3,7,13H2,1-2H3,(H2,14,15,16,17). The van der Waals surface area contributed by atoms with Crippen molar-refractivity contribution < 1.29 is 0 Å². The van der Waals surface area contributed by atoms with Crippen molar-refractivity contribution in [1.82, 2.24) is 9.97 Å². The van der Waals surface area contributed by atoms with E-state index in [0.29, 0.717) is 5.95 Å². The molecule has 4 N–H and O–H groups in total. The predicted molar refractivity (Wildman–Crippen MR) is 75.6 cm³/mol. The second kappa shape index (κ2) is 5.79. The van der Waals surface area contributed by atoms with Crippen LogP contribution >= 0.6 is 11.3 Å². The molecule has 0 unspecified atom stereocenters. The molecule has 0 saturated heterocycles. The summed E-state index contributed by atoms with van der Waals surface area (Å²) in [7, 11) is 0. The Morgan fingerprint density at radius 1 is 1.28 bits per heavy atom. The topological polar surface area (TPSA) is 75.9 Å². The molecule has 0 aliphatic carbocycles. The third-order valence-electron chi connectivity index (χ3n) is 2.49. The quantitative estimate of drug-likeness (QED) is 0.570. The molecule has 0 saturated carbocycles. The molecule has 2 aromatic heterocycles. The lowest BCUT2D eigenvalue weighted by atomic mass is 10.3. The van der Waals surface area contributed by atoms with Gasteiger partial charge >= 0.3 is 0 Å². The van der Waals surface area contributed by atoms with Crippen molar-refractivity contribution >= 4 is 23.1 Å². The fourth-order valence-corrected chi connectivity index (χ4v) is 2.51. The van der Waals surface area contributed by atoms with E-state index < -0.39 is 0 Å². The Morgan fingerprint density at radius 3 is 2.72 bits per heavy atom. The van der Waals surface area contributed by atoms with Gasteiger partial charge in [-0.15, -0.1) is 11.3 Å². The summed E-state index contributed by atoms with van der Waals surface area (Å²) >= 11 is 1.82. The van der Waals surface area contributed by atoms with Crippen LogP contribution in [-0.4, -0.2) is 9.97 Å². The van der Waals surface area contributed by atoms with Gasteiger partial charge in [-0.05, 0) is 25.5 Å². The molecule has 0 atom stereocenters. The Balaban J connectivity index is 2.03. The lowest BCUT2D eigenvalue weighted by molar-refractivity contribution is 1.05. The van der Waals surface area contributed by atoms with Gasteiger partial charge in [0.2, 0.25) is 5.95 Å². The van der Waals surface area contributed by atoms with E-state index in [-0.39, 0.29) is 0 Å². The van der Waals surface area contributed by atoms with Crippen molar-refractivity contribution in [1.29, 1.82) is 0 Å². The minimum Gasteiger partial charge on any atom is -0.365 e. The van der Waals surface area contributed by atoms with Gasteiger partial charge in [-0.25, -0.2) is 10.8 Å². The maximum absolute atomic E-state index is 5.32. The van der Waals surface area contributed by atoms with E-state index in [1.807, 2.05) is 24.3 Å². The molecule has 0 aliphatic rings. The van der Waals surface area contributed by atoms with Gasteiger partial charge in [0, 0.05) is 21.5 Å². The Hall–Kier alpha value is -1.66. The molecule has 2 rings (SSSR count). The van der Waals surface area contributed by atoms with Crippen LogP contribution in [-0.2, 0) is 13.0 Å². The van der Waals surface area contributed by atoms with E-state index in [1.54, 1.807) is 0 Å². The van der Waals surface area contributed by atoms with Crippen LogP contribution in [0.3, 0.4) is 0 Å². The maximum atomic E-state index is 5.32. The van der Waals surface area contributed by atoms with Gasteiger partial charge in [-0.3, -0.25) is 5.43 Å². The van der Waals surface area contributed by atoms with Crippen LogP contribution in [0.15, 0.2) is 18.2 Å². The van der Waals surface area contributed by atoms with Crippen LogP contribution < -0.4 is 16.6 Å². The Labute approximate surface area is 110 Å². The van der Waals surface area contributed by atoms with Crippen LogP contribution in [0, 0.1) is 6.92 Å². The number of nitrogen functional groups attached to an aromatic ring is 1. The summed E-state index contributed by atoms with van der Waals surface area (Å²) in [6, 6.07) is 6.21. The van der Waals surface area contributed by atoms with Gasteiger partial charge in [0.25, 0.3) is 0 Å². The van der Waals surface area contributed by atoms with Crippen molar-refractivity contribution in [3.63, 3.8) is 0 Å². The molecule has 0 aromatic carbocycles. The van der Waals surface area contributed by atoms with E-state index in [1.165, 1.54) is 9.75 Å². The second-order valence-electron chi connectivity index (χ2n) is 3.94. The first-order chi connectivity index (χ1) is 8.71. The van der Waals surface area contributed by atoms with Crippen molar-refractivity contribution in [2.24, 2.45) is 5.84 Å². The van der Waals surface area contributed by atoms with Crippen molar-refractivity contribution in [2.75, 3.05) is 10.7 Å². The molecule has 0 aliphatic heterocycles. The fourth-order valence-electron chi connectivity index (χ4n) is 1.61. The lowest BCUT2D eigenvalue weighted by Crippen LogP contribution is -2.12. The van der Waals surface area contributed by atoms with E-state index in [2.05, 4.69) is 39.8 Å². The number of nitrogens with one attached hydrogen (secondary N) is 2. The first-order valence-electron chi connectivity index (χ1n) is 5.85. The minimum absolute atomic E-state index is 0.429. The number of aryl methyl sites for hydroxylation is 2. The van der Waals surface area contributed by atoms with Crippen LogP contribution in [0.25, 0.3) is 0 Å². The third-order valence-corrected chi connectivity index (χ3v) is 3.72. The molecular weight excluding hydrogens is 246 g/mol. The highest BCUT2D eigenvalue weighted by Gasteiger charge is 2.02. The molecule has 0 spiro atoms. The van der Waals surface area contributed by atoms with Crippen LogP contribution in [0.5, 0.6) is 0 Å². The molecule has 0 radical (unpaired) electrons. The summed E-state index contributed by atoms with van der Waals surface area (Å²) in [5, 5.41) is 3.28. The number of anilines is 2. The normalized spacial score (nSPS) is 10.4. The van der Waals surface area contributed by atoms with Crippen LogP contribution in [0.4, 0.5) is 11.8 Å². The SMILES string of the molecule is CCc1ccc(CNc2cc(C)nc(NN)n2)s1. The zero-order chi connectivity index (χ0) is 13.0. The molecule has 6 heteroatoms. The molecule has 5 nitrogen and oxygen atoms in total. The number of nitrogens with two attached hydrogens (primary N) is 1. The monoisotopic (exact) mass is 263 g/mol. The summed E-state index contributed by atoms with van der Waals surface area (Å²) in [6.07, 6.45) is 1.08. The van der Waals surface area contributed by atoms with Crippen LogP contribution in [0.1, 0.15) is 22.4 Å². The molecule has 2 aromatic rings. The van der Waals surface area contributed by atoms with Gasteiger partial charge in [0.05, 0.1) is 6.54 Å². The highest BCUT2D eigenvalue weighted by Crippen LogP contribution is 2.18. The van der Waals surface area contributed by atoms with Crippen molar-refractivity contribution in [2.45, 2.75) is 26.8 Å². The Bertz CT molecular complexity index is 523. The number of hydrazine groups is 1. The highest BCUT2D eigenvalue weighted by atomic mass is 32.1. The van der Waals surface area contributed by atoms with Gasteiger partial charge in [0.1, 0.15) is 5.82 Å². The summed E-state index contributed by atoms with van der Waals surface area (Å²) in [5.74, 6) is 6.52. The molecule has 2 heterocycles. The summed E-state index contributed by atoms with van der Waals surface area (Å²) in [5.41, 5.74) is 3.34. The Morgan fingerprint density at radius 2 is 2.06 bits per heavy atom. The van der Waals surface area contributed by atoms with E-state index >= 15 is 0 Å².